The van der Waals surface area contributed by atoms with Crippen molar-refractivity contribution < 1.29 is 14.3 Å². The normalized spacial score (nSPS) is 11.7. The van der Waals surface area contributed by atoms with E-state index in [0.29, 0.717) is 16.5 Å². The summed E-state index contributed by atoms with van der Waals surface area (Å²) in [5.74, 6) is 0.241. The lowest BCUT2D eigenvalue weighted by atomic mass is 10.2. The third-order valence-electron chi connectivity index (χ3n) is 2.31. The Hall–Kier alpha value is -1.20. The number of hydrogen-bond donors (Lipinski definition) is 1. The third kappa shape index (κ3) is 5.98. The monoisotopic (exact) mass is 301 g/mol. The Balaban J connectivity index is 2.30. The van der Waals surface area contributed by atoms with E-state index in [4.69, 9.17) is 11.6 Å². The lowest BCUT2D eigenvalue weighted by Crippen LogP contribution is -2.18. The van der Waals surface area contributed by atoms with E-state index in [1.807, 2.05) is 0 Å². The average Bonchev–Trinajstić information content (AvgIpc) is 2.37. The van der Waals surface area contributed by atoms with Crippen LogP contribution in [0.25, 0.3) is 0 Å². The zero-order chi connectivity index (χ0) is 14.3. The maximum absolute atomic E-state index is 11.7. The Bertz CT molecular complexity index is 453. The zero-order valence-electron chi connectivity index (χ0n) is 10.8. The average molecular weight is 302 g/mol. The molecule has 4 nitrogen and oxygen atoms in total. The summed E-state index contributed by atoms with van der Waals surface area (Å²) in [5, 5.41) is 3.31. The van der Waals surface area contributed by atoms with Gasteiger partial charge in [-0.3, -0.25) is 9.59 Å². The molecule has 0 saturated carbocycles. The summed E-state index contributed by atoms with van der Waals surface area (Å²) in [6.45, 7) is 1.77. The van der Waals surface area contributed by atoms with Crippen LogP contribution in [0.4, 0.5) is 5.69 Å². The molecule has 1 amide bonds. The topological polar surface area (TPSA) is 55.4 Å². The van der Waals surface area contributed by atoms with Crippen molar-refractivity contribution in [2.75, 3.05) is 23.9 Å². The van der Waals surface area contributed by atoms with Gasteiger partial charge in [-0.15, -0.1) is 0 Å². The van der Waals surface area contributed by atoms with Crippen LogP contribution in [0.3, 0.4) is 0 Å². The number of anilines is 1. The van der Waals surface area contributed by atoms with Gasteiger partial charge in [0.1, 0.15) is 0 Å². The van der Waals surface area contributed by atoms with Crippen LogP contribution in [0, 0.1) is 5.92 Å². The van der Waals surface area contributed by atoms with Crippen LogP contribution in [-0.4, -0.2) is 30.5 Å². The molecule has 1 unspecified atom stereocenters. The van der Waals surface area contributed by atoms with Crippen LogP contribution in [-0.2, 0) is 14.3 Å². The second kappa shape index (κ2) is 8.07. The quantitative estimate of drug-likeness (QED) is 0.821. The lowest BCUT2D eigenvalue weighted by Gasteiger charge is -2.09. The van der Waals surface area contributed by atoms with E-state index in [9.17, 15) is 9.59 Å². The highest BCUT2D eigenvalue weighted by molar-refractivity contribution is 8.00. The number of halogens is 1. The molecule has 0 spiro atoms. The first-order chi connectivity index (χ1) is 9.02. The van der Waals surface area contributed by atoms with Crippen molar-refractivity contribution >= 4 is 40.9 Å². The largest absolute Gasteiger partial charge is 0.469 e. The molecule has 0 aliphatic carbocycles. The first-order valence-electron chi connectivity index (χ1n) is 5.74. The number of nitrogens with one attached hydrogen (secondary N) is 1. The number of rotatable bonds is 6. The molecule has 0 aliphatic heterocycles. The van der Waals surface area contributed by atoms with Crippen LogP contribution in [0.5, 0.6) is 0 Å². The highest BCUT2D eigenvalue weighted by atomic mass is 35.5. The molecule has 19 heavy (non-hydrogen) atoms. The second-order valence-corrected chi connectivity index (χ2v) is 5.46. The third-order valence-corrected chi connectivity index (χ3v) is 3.75. The summed E-state index contributed by atoms with van der Waals surface area (Å²) in [6, 6.07) is 6.96. The molecule has 0 aliphatic rings. The maximum Gasteiger partial charge on any atom is 0.309 e. The number of ether oxygens (including phenoxy) is 1. The molecule has 0 fully saturated rings. The van der Waals surface area contributed by atoms with Gasteiger partial charge in [0.2, 0.25) is 5.91 Å². The molecule has 1 aromatic carbocycles. The number of thioether (sulfide) groups is 1. The first-order valence-corrected chi connectivity index (χ1v) is 7.27. The van der Waals surface area contributed by atoms with E-state index in [2.05, 4.69) is 10.1 Å². The van der Waals surface area contributed by atoms with E-state index in [0.717, 1.165) is 0 Å². The molecule has 0 heterocycles. The summed E-state index contributed by atoms with van der Waals surface area (Å²) in [7, 11) is 1.36. The molecule has 104 valence electrons. The van der Waals surface area contributed by atoms with Crippen LogP contribution in [0.2, 0.25) is 5.02 Å². The number of amides is 1. The maximum atomic E-state index is 11.7. The minimum Gasteiger partial charge on any atom is -0.469 e. The molecular weight excluding hydrogens is 286 g/mol. The molecule has 0 radical (unpaired) electrons. The molecular formula is C13H16ClNO3S. The summed E-state index contributed by atoms with van der Waals surface area (Å²) in [5.41, 5.74) is 0.666. The molecule has 1 N–H and O–H groups in total. The van der Waals surface area contributed by atoms with E-state index in [-0.39, 0.29) is 23.5 Å². The van der Waals surface area contributed by atoms with Crippen molar-refractivity contribution in [3.05, 3.63) is 29.3 Å². The van der Waals surface area contributed by atoms with Gasteiger partial charge in [0, 0.05) is 16.5 Å². The van der Waals surface area contributed by atoms with E-state index < -0.39 is 0 Å². The number of carbonyl (C=O) groups excluding carboxylic acids is 2. The van der Waals surface area contributed by atoms with Gasteiger partial charge in [0.15, 0.2) is 0 Å². The van der Waals surface area contributed by atoms with Gasteiger partial charge in [0.05, 0.1) is 18.8 Å². The summed E-state index contributed by atoms with van der Waals surface area (Å²) in [4.78, 5) is 22.8. The van der Waals surface area contributed by atoms with Gasteiger partial charge in [-0.25, -0.2) is 0 Å². The van der Waals surface area contributed by atoms with Gasteiger partial charge in [0.25, 0.3) is 0 Å². The van der Waals surface area contributed by atoms with Crippen molar-refractivity contribution in [2.24, 2.45) is 5.92 Å². The Morgan fingerprint density at radius 2 is 2.21 bits per heavy atom. The van der Waals surface area contributed by atoms with Gasteiger partial charge in [-0.2, -0.15) is 11.8 Å². The number of hydrogen-bond acceptors (Lipinski definition) is 4. The van der Waals surface area contributed by atoms with Crippen LogP contribution in [0.15, 0.2) is 24.3 Å². The van der Waals surface area contributed by atoms with E-state index in [1.54, 1.807) is 31.2 Å². The predicted octanol–water partition coefficient (Wildman–Crippen LogP) is 2.82. The predicted molar refractivity (Wildman–Crippen MR) is 78.6 cm³/mol. The Morgan fingerprint density at radius 3 is 2.84 bits per heavy atom. The Kier molecular flexibility index (Phi) is 6.73. The molecule has 1 rings (SSSR count). The van der Waals surface area contributed by atoms with Crippen molar-refractivity contribution in [1.29, 1.82) is 0 Å². The minimum atomic E-state index is -0.261. The molecule has 0 bridgehead atoms. The second-order valence-electron chi connectivity index (χ2n) is 4.00. The molecule has 1 aromatic rings. The van der Waals surface area contributed by atoms with Crippen LogP contribution < -0.4 is 5.32 Å². The lowest BCUT2D eigenvalue weighted by molar-refractivity contribution is -0.144. The standard InChI is InChI=1S/C13H16ClNO3S/c1-9(13(17)18-2)7-19-8-12(16)15-11-5-3-4-10(14)6-11/h3-6,9H,7-8H2,1-2H3,(H,15,16). The zero-order valence-corrected chi connectivity index (χ0v) is 12.4. The SMILES string of the molecule is COC(=O)C(C)CSCC(=O)Nc1cccc(Cl)c1. The summed E-state index contributed by atoms with van der Waals surface area (Å²) in [6.07, 6.45) is 0. The van der Waals surface area contributed by atoms with Crippen molar-refractivity contribution in [1.82, 2.24) is 0 Å². The number of benzene rings is 1. The smallest absolute Gasteiger partial charge is 0.309 e. The van der Waals surface area contributed by atoms with Gasteiger partial charge in [-0.05, 0) is 18.2 Å². The van der Waals surface area contributed by atoms with E-state index in [1.165, 1.54) is 18.9 Å². The minimum absolute atomic E-state index is 0.121. The molecule has 6 heteroatoms. The first kappa shape index (κ1) is 15.9. The number of esters is 1. The molecule has 0 aromatic heterocycles. The fourth-order valence-electron chi connectivity index (χ4n) is 1.36. The Labute approximate surface area is 121 Å². The fourth-order valence-corrected chi connectivity index (χ4v) is 2.42. The van der Waals surface area contributed by atoms with Gasteiger partial charge in [-0.1, -0.05) is 24.6 Å². The van der Waals surface area contributed by atoms with Gasteiger partial charge >= 0.3 is 5.97 Å². The number of methoxy groups -OCH3 is 1. The highest BCUT2D eigenvalue weighted by Gasteiger charge is 2.13. The number of carbonyl (C=O) groups is 2. The van der Waals surface area contributed by atoms with Crippen molar-refractivity contribution in [2.45, 2.75) is 6.92 Å². The fraction of sp³-hybridized carbons (Fsp3) is 0.385. The molecule has 1 atom stereocenters. The Morgan fingerprint density at radius 1 is 1.47 bits per heavy atom. The van der Waals surface area contributed by atoms with Crippen molar-refractivity contribution in [3.63, 3.8) is 0 Å². The van der Waals surface area contributed by atoms with Crippen molar-refractivity contribution in [3.8, 4) is 0 Å². The van der Waals surface area contributed by atoms with E-state index >= 15 is 0 Å². The summed E-state index contributed by atoms with van der Waals surface area (Å²) >= 11 is 7.21. The van der Waals surface area contributed by atoms with Crippen LogP contribution in [0.1, 0.15) is 6.92 Å². The molecule has 0 saturated heterocycles. The highest BCUT2D eigenvalue weighted by Crippen LogP contribution is 2.16. The van der Waals surface area contributed by atoms with Gasteiger partial charge < -0.3 is 10.1 Å². The van der Waals surface area contributed by atoms with Crippen LogP contribution >= 0.6 is 23.4 Å². The summed E-state index contributed by atoms with van der Waals surface area (Å²) < 4.78 is 4.61.